The number of aldehydes is 1. The van der Waals surface area contributed by atoms with Crippen LogP contribution in [-0.2, 0) is 14.3 Å². The summed E-state index contributed by atoms with van der Waals surface area (Å²) >= 11 is 0. The van der Waals surface area contributed by atoms with Gasteiger partial charge in [-0.05, 0) is 31.2 Å². The Labute approximate surface area is 117 Å². The van der Waals surface area contributed by atoms with Crippen molar-refractivity contribution in [2.24, 2.45) is 5.10 Å². The molecule has 114 valence electrons. The lowest BCUT2D eigenvalue weighted by atomic mass is 10.3. The molecule has 0 amide bonds. The van der Waals surface area contributed by atoms with E-state index in [-0.39, 0.29) is 18.6 Å². The molecule has 1 N–H and O–H groups in total. The smallest absolute Gasteiger partial charge is 0.461 e. The van der Waals surface area contributed by atoms with Crippen molar-refractivity contribution in [3.63, 3.8) is 0 Å². The maximum atomic E-state index is 12.0. The molecule has 0 aromatic heterocycles. The number of anilines is 1. The van der Waals surface area contributed by atoms with Crippen LogP contribution in [0.2, 0.25) is 0 Å². The molecule has 0 bridgehead atoms. The second-order valence-electron chi connectivity index (χ2n) is 3.52. The Morgan fingerprint density at radius 3 is 2.43 bits per heavy atom. The van der Waals surface area contributed by atoms with E-state index in [2.05, 4.69) is 20.0 Å². The van der Waals surface area contributed by atoms with Crippen molar-refractivity contribution in [3.8, 4) is 5.75 Å². The molecule has 0 aliphatic rings. The van der Waals surface area contributed by atoms with E-state index < -0.39 is 23.8 Å². The van der Waals surface area contributed by atoms with Gasteiger partial charge in [-0.3, -0.25) is 10.2 Å². The molecule has 0 fully saturated rings. The zero-order valence-corrected chi connectivity index (χ0v) is 10.8. The van der Waals surface area contributed by atoms with Crippen molar-refractivity contribution in [1.29, 1.82) is 0 Å². The second-order valence-corrected chi connectivity index (χ2v) is 3.52. The number of hydrazone groups is 1. The molecule has 0 heterocycles. The standard InChI is InChI=1S/C12H11F3N2O4/c1-2-20-11(19)10(7-18)17-16-8-3-5-9(6-4-8)21-12(13,14)15/h3-7,16H,2H2,1H3/b17-10+. The zero-order chi connectivity index (χ0) is 15.9. The number of benzene rings is 1. The number of halogens is 3. The van der Waals surface area contributed by atoms with E-state index in [0.29, 0.717) is 0 Å². The second kappa shape index (κ2) is 7.27. The molecular formula is C12H11F3N2O4. The summed E-state index contributed by atoms with van der Waals surface area (Å²) in [5.74, 6) is -1.31. The first-order chi connectivity index (χ1) is 9.85. The summed E-state index contributed by atoms with van der Waals surface area (Å²) in [5, 5.41) is 3.50. The molecule has 1 aromatic rings. The number of carbonyl (C=O) groups excluding carboxylic acids is 2. The number of nitrogens with one attached hydrogen (secondary N) is 1. The minimum atomic E-state index is -4.78. The molecule has 1 rings (SSSR count). The summed E-state index contributed by atoms with van der Waals surface area (Å²) in [4.78, 5) is 21.9. The van der Waals surface area contributed by atoms with Gasteiger partial charge in [0.25, 0.3) is 0 Å². The van der Waals surface area contributed by atoms with Crippen molar-refractivity contribution in [2.75, 3.05) is 12.0 Å². The van der Waals surface area contributed by atoms with Crippen LogP contribution in [0.25, 0.3) is 0 Å². The van der Waals surface area contributed by atoms with Crippen molar-refractivity contribution in [1.82, 2.24) is 0 Å². The zero-order valence-electron chi connectivity index (χ0n) is 10.8. The molecule has 9 heteroatoms. The van der Waals surface area contributed by atoms with E-state index in [1.807, 2.05) is 0 Å². The normalized spacial score (nSPS) is 11.7. The third-order valence-corrected chi connectivity index (χ3v) is 1.99. The topological polar surface area (TPSA) is 77.0 Å². The van der Waals surface area contributed by atoms with Crippen LogP contribution in [0, 0.1) is 0 Å². The maximum absolute atomic E-state index is 12.0. The number of nitrogens with zero attached hydrogens (tertiary/aromatic N) is 1. The number of ether oxygens (including phenoxy) is 2. The van der Waals surface area contributed by atoms with E-state index in [1.54, 1.807) is 6.92 Å². The largest absolute Gasteiger partial charge is 0.573 e. The summed E-state index contributed by atoms with van der Waals surface area (Å²) < 4.78 is 44.1. The van der Waals surface area contributed by atoms with E-state index in [0.717, 1.165) is 12.1 Å². The lowest BCUT2D eigenvalue weighted by molar-refractivity contribution is -0.274. The van der Waals surface area contributed by atoms with Gasteiger partial charge in [0.05, 0.1) is 12.3 Å². The summed E-state index contributed by atoms with van der Waals surface area (Å²) in [6, 6.07) is 4.57. The first-order valence-corrected chi connectivity index (χ1v) is 5.67. The Bertz CT molecular complexity index is 526. The van der Waals surface area contributed by atoms with Gasteiger partial charge in [-0.2, -0.15) is 5.10 Å². The quantitative estimate of drug-likeness (QED) is 0.286. The highest BCUT2D eigenvalue weighted by atomic mass is 19.4. The number of hydrogen-bond acceptors (Lipinski definition) is 6. The first-order valence-electron chi connectivity index (χ1n) is 5.67. The van der Waals surface area contributed by atoms with Crippen LogP contribution in [0.3, 0.4) is 0 Å². The average Bonchev–Trinajstić information content (AvgIpc) is 2.40. The molecule has 0 saturated carbocycles. The first kappa shape index (κ1) is 16.5. The van der Waals surface area contributed by atoms with Crippen molar-refractivity contribution < 1.29 is 32.2 Å². The molecule has 0 unspecified atom stereocenters. The van der Waals surface area contributed by atoms with Gasteiger partial charge < -0.3 is 9.47 Å². The SMILES string of the molecule is CCOC(=O)/C(C=O)=N/Nc1ccc(OC(F)(F)F)cc1. The number of rotatable bonds is 6. The fourth-order valence-corrected chi connectivity index (χ4v) is 1.18. The molecule has 0 spiro atoms. The molecule has 0 atom stereocenters. The number of hydrogen-bond donors (Lipinski definition) is 1. The Morgan fingerprint density at radius 2 is 1.95 bits per heavy atom. The fourth-order valence-electron chi connectivity index (χ4n) is 1.18. The Balaban J connectivity index is 2.71. The number of alkyl halides is 3. The molecule has 0 aliphatic carbocycles. The van der Waals surface area contributed by atoms with E-state index in [9.17, 15) is 22.8 Å². The molecule has 6 nitrogen and oxygen atoms in total. The van der Waals surface area contributed by atoms with E-state index in [4.69, 9.17) is 0 Å². The van der Waals surface area contributed by atoms with Crippen molar-refractivity contribution in [3.05, 3.63) is 24.3 Å². The van der Waals surface area contributed by atoms with Crippen LogP contribution in [0.5, 0.6) is 5.75 Å². The molecular weight excluding hydrogens is 293 g/mol. The number of carbonyl (C=O) groups is 2. The van der Waals surface area contributed by atoms with Crippen LogP contribution in [0.15, 0.2) is 29.4 Å². The highest BCUT2D eigenvalue weighted by molar-refractivity contribution is 6.58. The predicted molar refractivity (Wildman–Crippen MR) is 66.9 cm³/mol. The van der Waals surface area contributed by atoms with Crippen molar-refractivity contribution >= 4 is 23.7 Å². The Morgan fingerprint density at radius 1 is 1.33 bits per heavy atom. The van der Waals surface area contributed by atoms with Gasteiger partial charge in [0, 0.05) is 0 Å². The van der Waals surface area contributed by atoms with Gasteiger partial charge in [0.1, 0.15) is 5.75 Å². The van der Waals surface area contributed by atoms with Crippen LogP contribution in [-0.4, -0.2) is 30.9 Å². The Hall–Kier alpha value is -2.58. The van der Waals surface area contributed by atoms with Crippen molar-refractivity contribution in [2.45, 2.75) is 13.3 Å². The number of esters is 1. The lowest BCUT2D eigenvalue weighted by Crippen LogP contribution is -2.20. The summed E-state index contributed by atoms with van der Waals surface area (Å²) in [5.41, 5.74) is 2.11. The van der Waals surface area contributed by atoms with Crippen LogP contribution >= 0.6 is 0 Å². The van der Waals surface area contributed by atoms with E-state index >= 15 is 0 Å². The Kier molecular flexibility index (Phi) is 5.70. The van der Waals surface area contributed by atoms with Gasteiger partial charge in [-0.25, -0.2) is 4.79 Å². The summed E-state index contributed by atoms with van der Waals surface area (Å²) in [6.45, 7) is 1.64. The summed E-state index contributed by atoms with van der Waals surface area (Å²) in [6.07, 6.45) is -4.58. The van der Waals surface area contributed by atoms with Gasteiger partial charge in [0.15, 0.2) is 6.29 Å². The molecule has 1 aromatic carbocycles. The van der Waals surface area contributed by atoms with E-state index in [1.165, 1.54) is 12.1 Å². The minimum absolute atomic E-state index is 0.0785. The third-order valence-electron chi connectivity index (χ3n) is 1.99. The van der Waals surface area contributed by atoms with Gasteiger partial charge in [0.2, 0.25) is 5.71 Å². The van der Waals surface area contributed by atoms with Crippen LogP contribution in [0.1, 0.15) is 6.92 Å². The molecule has 0 aliphatic heterocycles. The monoisotopic (exact) mass is 304 g/mol. The van der Waals surface area contributed by atoms with Crippen LogP contribution < -0.4 is 10.2 Å². The predicted octanol–water partition coefficient (Wildman–Crippen LogP) is 2.12. The average molecular weight is 304 g/mol. The molecule has 0 radical (unpaired) electrons. The van der Waals surface area contributed by atoms with Gasteiger partial charge >= 0.3 is 12.3 Å². The highest BCUT2D eigenvalue weighted by Gasteiger charge is 2.30. The highest BCUT2D eigenvalue weighted by Crippen LogP contribution is 2.23. The maximum Gasteiger partial charge on any atom is 0.573 e. The van der Waals surface area contributed by atoms with Crippen LogP contribution in [0.4, 0.5) is 18.9 Å². The minimum Gasteiger partial charge on any atom is -0.461 e. The third kappa shape index (κ3) is 5.93. The fraction of sp³-hybridized carbons (Fsp3) is 0.250. The van der Waals surface area contributed by atoms with Gasteiger partial charge in [-0.1, -0.05) is 0 Å². The molecule has 0 saturated heterocycles. The summed E-state index contributed by atoms with van der Waals surface area (Å²) in [7, 11) is 0. The lowest BCUT2D eigenvalue weighted by Gasteiger charge is -2.09. The molecule has 21 heavy (non-hydrogen) atoms. The van der Waals surface area contributed by atoms with Gasteiger partial charge in [-0.15, -0.1) is 13.2 Å².